The summed E-state index contributed by atoms with van der Waals surface area (Å²) in [6.07, 6.45) is 0. The van der Waals surface area contributed by atoms with E-state index in [2.05, 4.69) is 21.2 Å². The van der Waals surface area contributed by atoms with E-state index in [1.807, 2.05) is 13.0 Å². The van der Waals surface area contributed by atoms with Crippen molar-refractivity contribution in [1.82, 2.24) is 0 Å². The highest BCUT2D eigenvalue weighted by molar-refractivity contribution is 9.10. The summed E-state index contributed by atoms with van der Waals surface area (Å²) in [5.74, 6) is -0.962. The van der Waals surface area contributed by atoms with Crippen molar-refractivity contribution in [3.05, 3.63) is 62.0 Å². The minimum Gasteiger partial charge on any atom is -0.478 e. The number of carbonyl (C=O) groups is 1. The molecule has 0 spiro atoms. The number of nitrogens with one attached hydrogen (secondary N) is 1. The molecule has 2 rings (SSSR count). The fraction of sp³-hybridized carbons (Fsp3) is 0.133. The van der Waals surface area contributed by atoms with E-state index in [0.717, 1.165) is 11.3 Å². The first kappa shape index (κ1) is 16.1. The minimum absolute atomic E-state index is 0.0539. The van der Waals surface area contributed by atoms with Crippen molar-refractivity contribution >= 4 is 50.8 Å². The first-order chi connectivity index (χ1) is 9.88. The maximum atomic E-state index is 10.9. The average molecular weight is 389 g/mol. The van der Waals surface area contributed by atoms with Crippen molar-refractivity contribution in [3.63, 3.8) is 0 Å². The Kier molecular flexibility index (Phi) is 5.14. The summed E-state index contributed by atoms with van der Waals surface area (Å²) in [5, 5.41) is 13.4. The third-order valence-corrected chi connectivity index (χ3v) is 4.24. The molecule has 0 aliphatic heterocycles. The predicted octanol–water partition coefficient (Wildman–Crippen LogP) is 5.63. The molecule has 0 saturated heterocycles. The van der Waals surface area contributed by atoms with Crippen LogP contribution < -0.4 is 5.32 Å². The third-order valence-electron chi connectivity index (χ3n) is 3.02. The molecule has 0 fully saturated rings. The van der Waals surface area contributed by atoms with Crippen molar-refractivity contribution in [2.45, 2.75) is 13.0 Å². The van der Waals surface area contributed by atoms with E-state index in [-0.39, 0.29) is 11.6 Å². The molecule has 21 heavy (non-hydrogen) atoms. The molecule has 0 radical (unpaired) electrons. The molecule has 0 amide bonds. The van der Waals surface area contributed by atoms with Gasteiger partial charge in [-0.1, -0.05) is 29.3 Å². The lowest BCUT2D eigenvalue weighted by molar-refractivity contribution is 0.0697. The fourth-order valence-corrected chi connectivity index (χ4v) is 2.99. The zero-order valence-corrected chi connectivity index (χ0v) is 14.1. The lowest BCUT2D eigenvalue weighted by Crippen LogP contribution is -2.08. The molecule has 0 aromatic heterocycles. The quantitative estimate of drug-likeness (QED) is 0.713. The predicted molar refractivity (Wildman–Crippen MR) is 89.6 cm³/mol. The van der Waals surface area contributed by atoms with E-state index in [9.17, 15) is 4.79 Å². The van der Waals surface area contributed by atoms with Gasteiger partial charge < -0.3 is 10.4 Å². The first-order valence-electron chi connectivity index (χ1n) is 6.13. The van der Waals surface area contributed by atoms with Crippen molar-refractivity contribution in [2.75, 3.05) is 5.32 Å². The number of halogens is 3. The van der Waals surface area contributed by atoms with Gasteiger partial charge in [0, 0.05) is 20.2 Å². The van der Waals surface area contributed by atoms with Gasteiger partial charge >= 0.3 is 5.97 Å². The Bertz CT molecular complexity index is 691. The van der Waals surface area contributed by atoms with Gasteiger partial charge in [0.15, 0.2) is 0 Å². The summed E-state index contributed by atoms with van der Waals surface area (Å²) >= 11 is 15.4. The molecule has 0 saturated carbocycles. The van der Waals surface area contributed by atoms with Gasteiger partial charge in [0.25, 0.3) is 0 Å². The van der Waals surface area contributed by atoms with E-state index in [4.69, 9.17) is 28.3 Å². The van der Waals surface area contributed by atoms with Crippen LogP contribution in [0.15, 0.2) is 40.9 Å². The molecule has 2 N–H and O–H groups in total. The van der Waals surface area contributed by atoms with Crippen molar-refractivity contribution in [2.24, 2.45) is 0 Å². The normalized spacial score (nSPS) is 12.0. The van der Waals surface area contributed by atoms with Crippen LogP contribution in [0.2, 0.25) is 10.0 Å². The van der Waals surface area contributed by atoms with Crippen LogP contribution in [0.4, 0.5) is 5.69 Å². The molecule has 0 aliphatic rings. The van der Waals surface area contributed by atoms with Gasteiger partial charge in [0.05, 0.1) is 11.6 Å². The molecule has 0 heterocycles. The molecule has 2 aromatic rings. The Morgan fingerprint density at radius 1 is 1.24 bits per heavy atom. The summed E-state index contributed by atoms with van der Waals surface area (Å²) in [6.45, 7) is 1.96. The van der Waals surface area contributed by atoms with Crippen molar-refractivity contribution in [3.8, 4) is 0 Å². The molecular weight excluding hydrogens is 377 g/mol. The Morgan fingerprint density at radius 3 is 2.52 bits per heavy atom. The summed E-state index contributed by atoms with van der Waals surface area (Å²) in [4.78, 5) is 10.9. The summed E-state index contributed by atoms with van der Waals surface area (Å²) in [6, 6.07) is 10.1. The van der Waals surface area contributed by atoms with Crippen LogP contribution in [0.1, 0.15) is 28.9 Å². The van der Waals surface area contributed by atoms with Crippen LogP contribution in [0.5, 0.6) is 0 Å². The molecule has 3 nitrogen and oxygen atoms in total. The summed E-state index contributed by atoms with van der Waals surface area (Å²) in [5.41, 5.74) is 1.93. The SMILES string of the molecule is CC(Nc1ccc(C(=O)O)cc1Br)c1ccc(Cl)cc1Cl. The lowest BCUT2D eigenvalue weighted by atomic mass is 10.1. The Balaban J connectivity index is 2.23. The van der Waals surface area contributed by atoms with Crippen molar-refractivity contribution < 1.29 is 9.90 Å². The average Bonchev–Trinajstić information content (AvgIpc) is 2.40. The first-order valence-corrected chi connectivity index (χ1v) is 7.67. The number of aromatic carboxylic acids is 1. The van der Waals surface area contributed by atoms with Crippen LogP contribution >= 0.6 is 39.1 Å². The third kappa shape index (κ3) is 3.90. The van der Waals surface area contributed by atoms with Gasteiger partial charge in [-0.3, -0.25) is 0 Å². The molecule has 1 unspecified atom stereocenters. The largest absolute Gasteiger partial charge is 0.478 e. The van der Waals surface area contributed by atoms with Crippen LogP contribution in [-0.2, 0) is 0 Å². The monoisotopic (exact) mass is 387 g/mol. The molecule has 1 atom stereocenters. The second kappa shape index (κ2) is 6.69. The second-order valence-electron chi connectivity index (χ2n) is 4.53. The number of hydrogen-bond acceptors (Lipinski definition) is 2. The molecule has 6 heteroatoms. The van der Waals surface area contributed by atoms with Gasteiger partial charge in [-0.15, -0.1) is 0 Å². The number of benzene rings is 2. The smallest absolute Gasteiger partial charge is 0.335 e. The van der Waals surface area contributed by atoms with Crippen molar-refractivity contribution in [1.29, 1.82) is 0 Å². The van der Waals surface area contributed by atoms with E-state index >= 15 is 0 Å². The minimum atomic E-state index is -0.962. The standard InChI is InChI=1S/C15H12BrCl2NO2/c1-8(11-4-3-10(17)7-13(11)18)19-14-5-2-9(15(20)21)6-12(14)16/h2-8,19H,1H3,(H,20,21). The zero-order valence-electron chi connectivity index (χ0n) is 11.0. The highest BCUT2D eigenvalue weighted by Crippen LogP contribution is 2.31. The van der Waals surface area contributed by atoms with Crippen LogP contribution in [0.3, 0.4) is 0 Å². The molecule has 2 aromatic carbocycles. The van der Waals surface area contributed by atoms with E-state index in [1.165, 1.54) is 0 Å². The Morgan fingerprint density at radius 2 is 1.95 bits per heavy atom. The van der Waals surface area contributed by atoms with E-state index in [0.29, 0.717) is 14.5 Å². The fourth-order valence-electron chi connectivity index (χ4n) is 1.93. The molecule has 0 bridgehead atoms. The highest BCUT2D eigenvalue weighted by atomic mass is 79.9. The number of carboxylic acid groups (broad SMARTS) is 1. The zero-order chi connectivity index (χ0) is 15.6. The maximum absolute atomic E-state index is 10.9. The Labute approximate surface area is 141 Å². The van der Waals surface area contributed by atoms with Gasteiger partial charge in [0.1, 0.15) is 0 Å². The van der Waals surface area contributed by atoms with E-state index < -0.39 is 5.97 Å². The summed E-state index contributed by atoms with van der Waals surface area (Å²) < 4.78 is 0.680. The van der Waals surface area contributed by atoms with Gasteiger partial charge in [-0.05, 0) is 58.7 Å². The number of hydrogen-bond donors (Lipinski definition) is 2. The highest BCUT2D eigenvalue weighted by Gasteiger charge is 2.13. The lowest BCUT2D eigenvalue weighted by Gasteiger charge is -2.18. The molecular formula is C15H12BrCl2NO2. The molecule has 110 valence electrons. The van der Waals surface area contributed by atoms with E-state index in [1.54, 1.807) is 30.3 Å². The topological polar surface area (TPSA) is 49.3 Å². The van der Waals surface area contributed by atoms with Crippen LogP contribution in [0.25, 0.3) is 0 Å². The summed E-state index contributed by atoms with van der Waals surface area (Å²) in [7, 11) is 0. The number of anilines is 1. The second-order valence-corrected chi connectivity index (χ2v) is 6.23. The van der Waals surface area contributed by atoms with Gasteiger partial charge in [-0.25, -0.2) is 4.79 Å². The van der Waals surface area contributed by atoms with Crippen LogP contribution in [0, 0.1) is 0 Å². The number of rotatable bonds is 4. The number of carboxylic acids is 1. The Hall–Kier alpha value is -1.23. The maximum Gasteiger partial charge on any atom is 0.335 e. The van der Waals surface area contributed by atoms with Crippen LogP contribution in [-0.4, -0.2) is 11.1 Å². The molecule has 0 aliphatic carbocycles. The van der Waals surface area contributed by atoms with Gasteiger partial charge in [-0.2, -0.15) is 0 Å². The van der Waals surface area contributed by atoms with Gasteiger partial charge in [0.2, 0.25) is 0 Å².